The second-order valence-electron chi connectivity index (χ2n) is 2.73. The number of rotatable bonds is 2. The highest BCUT2D eigenvalue weighted by molar-refractivity contribution is 5.73. The predicted octanol–water partition coefficient (Wildman–Crippen LogP) is 2.31. The van der Waals surface area contributed by atoms with Crippen LogP contribution in [0.1, 0.15) is 12.5 Å². The summed E-state index contributed by atoms with van der Waals surface area (Å²) in [7, 11) is 1.63. The minimum Gasteiger partial charge on any atom is -0.497 e. The standard InChI is InChI=1S/C10H13NO/c1-7(2)9-6-8(12-3)4-5-10(9)11/h4-6H,1,11H2,2-3H3. The van der Waals surface area contributed by atoms with Crippen molar-refractivity contribution in [2.24, 2.45) is 0 Å². The van der Waals surface area contributed by atoms with Crippen molar-refractivity contribution < 1.29 is 4.74 Å². The summed E-state index contributed by atoms with van der Waals surface area (Å²) in [5.41, 5.74) is 8.37. The van der Waals surface area contributed by atoms with Gasteiger partial charge in [-0.05, 0) is 30.7 Å². The van der Waals surface area contributed by atoms with Gasteiger partial charge in [0.15, 0.2) is 0 Å². The van der Waals surface area contributed by atoms with Gasteiger partial charge >= 0.3 is 0 Å². The van der Waals surface area contributed by atoms with Crippen LogP contribution in [0.4, 0.5) is 5.69 Å². The second-order valence-corrected chi connectivity index (χ2v) is 2.73. The van der Waals surface area contributed by atoms with Crippen LogP contribution in [0.2, 0.25) is 0 Å². The van der Waals surface area contributed by atoms with Crippen LogP contribution in [-0.2, 0) is 0 Å². The number of hydrogen-bond acceptors (Lipinski definition) is 2. The Kier molecular flexibility index (Phi) is 2.38. The number of nitrogen functional groups attached to an aromatic ring is 1. The summed E-state index contributed by atoms with van der Waals surface area (Å²) >= 11 is 0. The quantitative estimate of drug-likeness (QED) is 0.679. The van der Waals surface area contributed by atoms with Crippen LogP contribution in [0, 0.1) is 0 Å². The monoisotopic (exact) mass is 163 g/mol. The molecule has 0 fully saturated rings. The molecule has 1 aromatic rings. The molecule has 0 amide bonds. The Morgan fingerprint density at radius 1 is 1.50 bits per heavy atom. The lowest BCUT2D eigenvalue weighted by Crippen LogP contribution is -1.92. The van der Waals surface area contributed by atoms with Crippen molar-refractivity contribution in [3.8, 4) is 5.75 Å². The summed E-state index contributed by atoms with van der Waals surface area (Å²) in [6, 6.07) is 5.54. The van der Waals surface area contributed by atoms with Gasteiger partial charge in [0.2, 0.25) is 0 Å². The van der Waals surface area contributed by atoms with E-state index in [4.69, 9.17) is 10.5 Å². The Morgan fingerprint density at radius 3 is 2.67 bits per heavy atom. The average molecular weight is 163 g/mol. The van der Waals surface area contributed by atoms with Gasteiger partial charge in [-0.15, -0.1) is 0 Å². The molecule has 1 aromatic carbocycles. The first-order chi connectivity index (χ1) is 5.65. The van der Waals surface area contributed by atoms with Crippen LogP contribution in [0.3, 0.4) is 0 Å². The second kappa shape index (κ2) is 3.30. The first-order valence-corrected chi connectivity index (χ1v) is 3.74. The molecule has 2 N–H and O–H groups in total. The number of anilines is 1. The Balaban J connectivity index is 3.17. The minimum absolute atomic E-state index is 0.739. The molecule has 1 rings (SSSR count). The Morgan fingerprint density at radius 2 is 2.17 bits per heavy atom. The van der Waals surface area contributed by atoms with Gasteiger partial charge in [-0.3, -0.25) is 0 Å². The van der Waals surface area contributed by atoms with E-state index in [9.17, 15) is 0 Å². The fourth-order valence-corrected chi connectivity index (χ4v) is 1.03. The summed E-state index contributed by atoms with van der Waals surface area (Å²) in [4.78, 5) is 0. The number of benzene rings is 1. The van der Waals surface area contributed by atoms with Gasteiger partial charge in [-0.25, -0.2) is 0 Å². The first kappa shape index (κ1) is 8.65. The summed E-state index contributed by atoms with van der Waals surface area (Å²) in [5.74, 6) is 0.808. The lowest BCUT2D eigenvalue weighted by molar-refractivity contribution is 0.415. The Labute approximate surface area is 72.7 Å². The smallest absolute Gasteiger partial charge is 0.119 e. The largest absolute Gasteiger partial charge is 0.497 e. The van der Waals surface area contributed by atoms with Crippen LogP contribution in [-0.4, -0.2) is 7.11 Å². The molecule has 0 aromatic heterocycles. The van der Waals surface area contributed by atoms with E-state index in [1.807, 2.05) is 25.1 Å². The van der Waals surface area contributed by atoms with Crippen molar-refractivity contribution in [3.63, 3.8) is 0 Å². The summed E-state index contributed by atoms with van der Waals surface area (Å²) in [5, 5.41) is 0. The molecule has 2 nitrogen and oxygen atoms in total. The lowest BCUT2D eigenvalue weighted by Gasteiger charge is -2.06. The third-order valence-electron chi connectivity index (χ3n) is 1.72. The van der Waals surface area contributed by atoms with Gasteiger partial charge in [0.1, 0.15) is 5.75 Å². The first-order valence-electron chi connectivity index (χ1n) is 3.74. The normalized spacial score (nSPS) is 9.50. The maximum absolute atomic E-state index is 5.73. The van der Waals surface area contributed by atoms with Gasteiger partial charge in [0.05, 0.1) is 7.11 Å². The van der Waals surface area contributed by atoms with Gasteiger partial charge in [0, 0.05) is 11.3 Å². The molecule has 0 spiro atoms. The number of ether oxygens (including phenoxy) is 1. The molecule has 0 aliphatic rings. The van der Waals surface area contributed by atoms with E-state index in [1.165, 1.54) is 0 Å². The van der Waals surface area contributed by atoms with Crippen LogP contribution in [0.25, 0.3) is 5.57 Å². The Bertz CT molecular complexity index is 305. The van der Waals surface area contributed by atoms with Crippen molar-refractivity contribution in [1.29, 1.82) is 0 Å². The number of methoxy groups -OCH3 is 1. The molecule has 2 heteroatoms. The topological polar surface area (TPSA) is 35.2 Å². The number of hydrogen-bond donors (Lipinski definition) is 1. The zero-order chi connectivity index (χ0) is 9.14. The van der Waals surface area contributed by atoms with Crippen molar-refractivity contribution >= 4 is 11.3 Å². The van der Waals surface area contributed by atoms with E-state index in [2.05, 4.69) is 6.58 Å². The van der Waals surface area contributed by atoms with Gasteiger partial charge in [-0.2, -0.15) is 0 Å². The molecule has 0 saturated heterocycles. The van der Waals surface area contributed by atoms with Crippen molar-refractivity contribution in [1.82, 2.24) is 0 Å². The van der Waals surface area contributed by atoms with E-state index in [1.54, 1.807) is 7.11 Å². The molecule has 0 atom stereocenters. The fraction of sp³-hybridized carbons (Fsp3) is 0.200. The summed E-state index contributed by atoms with van der Waals surface area (Å²) < 4.78 is 5.06. The number of allylic oxidation sites excluding steroid dienone is 1. The van der Waals surface area contributed by atoms with E-state index >= 15 is 0 Å². The van der Waals surface area contributed by atoms with E-state index in [0.717, 1.165) is 22.6 Å². The van der Waals surface area contributed by atoms with Gasteiger partial charge in [-0.1, -0.05) is 6.58 Å². The minimum atomic E-state index is 0.739. The average Bonchev–Trinajstić information content (AvgIpc) is 2.05. The molecule has 0 saturated carbocycles. The molecular weight excluding hydrogens is 150 g/mol. The molecule has 0 unspecified atom stereocenters. The fourth-order valence-electron chi connectivity index (χ4n) is 1.03. The molecule has 0 radical (unpaired) electrons. The third kappa shape index (κ3) is 1.59. The molecule has 0 aliphatic heterocycles. The van der Waals surface area contributed by atoms with Crippen LogP contribution >= 0.6 is 0 Å². The summed E-state index contributed by atoms with van der Waals surface area (Å²) in [6.45, 7) is 5.75. The molecule has 0 aliphatic carbocycles. The molecular formula is C10H13NO. The maximum Gasteiger partial charge on any atom is 0.119 e. The zero-order valence-corrected chi connectivity index (χ0v) is 7.42. The van der Waals surface area contributed by atoms with Gasteiger partial charge < -0.3 is 10.5 Å². The molecule has 0 heterocycles. The van der Waals surface area contributed by atoms with Gasteiger partial charge in [0.25, 0.3) is 0 Å². The lowest BCUT2D eigenvalue weighted by atomic mass is 10.1. The highest BCUT2D eigenvalue weighted by Gasteiger charge is 2.00. The van der Waals surface area contributed by atoms with Crippen LogP contribution < -0.4 is 10.5 Å². The molecule has 0 bridgehead atoms. The van der Waals surface area contributed by atoms with E-state index in [-0.39, 0.29) is 0 Å². The predicted molar refractivity (Wildman–Crippen MR) is 52.1 cm³/mol. The SMILES string of the molecule is C=C(C)c1cc(OC)ccc1N. The van der Waals surface area contributed by atoms with E-state index in [0.29, 0.717) is 0 Å². The molecule has 12 heavy (non-hydrogen) atoms. The van der Waals surface area contributed by atoms with Crippen molar-refractivity contribution in [2.75, 3.05) is 12.8 Å². The molecule has 64 valence electrons. The maximum atomic E-state index is 5.73. The Hall–Kier alpha value is -1.44. The summed E-state index contributed by atoms with van der Waals surface area (Å²) in [6.07, 6.45) is 0. The highest BCUT2D eigenvalue weighted by Crippen LogP contribution is 2.24. The third-order valence-corrected chi connectivity index (χ3v) is 1.72. The van der Waals surface area contributed by atoms with Crippen molar-refractivity contribution in [3.05, 3.63) is 30.3 Å². The highest BCUT2D eigenvalue weighted by atomic mass is 16.5. The van der Waals surface area contributed by atoms with Crippen LogP contribution in [0.5, 0.6) is 5.75 Å². The zero-order valence-electron chi connectivity index (χ0n) is 7.42. The van der Waals surface area contributed by atoms with E-state index < -0.39 is 0 Å². The van der Waals surface area contributed by atoms with Crippen LogP contribution in [0.15, 0.2) is 24.8 Å². The van der Waals surface area contributed by atoms with Crippen molar-refractivity contribution in [2.45, 2.75) is 6.92 Å². The number of nitrogens with two attached hydrogens (primary N) is 1.